The minimum atomic E-state index is -4.49. The average Bonchev–Trinajstić information content (AvgIpc) is 2.52. The molecule has 0 heterocycles. The molecule has 25 heavy (non-hydrogen) atoms. The molecular weight excluding hydrogens is 340 g/mol. The van der Waals surface area contributed by atoms with Gasteiger partial charge in [-0.2, -0.15) is 18.9 Å². The molecule has 0 aliphatic rings. The topological polar surface area (TPSA) is 111 Å². The first kappa shape index (κ1) is 18.5. The largest absolute Gasteiger partial charge is 0.456 e. The second-order valence-electron chi connectivity index (χ2n) is 6.42. The van der Waals surface area contributed by atoms with E-state index in [4.69, 9.17) is 15.3 Å². The average molecular weight is 356 g/mol. The maximum atomic E-state index is 11.6. The van der Waals surface area contributed by atoms with Crippen molar-refractivity contribution in [1.82, 2.24) is 0 Å². The third kappa shape index (κ3) is 4.16. The summed E-state index contributed by atoms with van der Waals surface area (Å²) in [7, 11) is -4.49. The van der Waals surface area contributed by atoms with Gasteiger partial charge in [0.05, 0.1) is 11.1 Å². The minimum Gasteiger partial charge on any atom is -0.456 e. The van der Waals surface area contributed by atoms with Crippen LogP contribution in [0.2, 0.25) is 0 Å². The molecule has 0 spiro atoms. The number of hydrogen-bond donors (Lipinski definition) is 1. The van der Waals surface area contributed by atoms with Gasteiger partial charge >= 0.3 is 0 Å². The molecule has 0 bridgehead atoms. The van der Waals surface area contributed by atoms with Crippen molar-refractivity contribution < 1.29 is 17.7 Å². The second kappa shape index (κ2) is 6.56. The normalized spacial score (nSPS) is 11.4. The van der Waals surface area contributed by atoms with Crippen molar-refractivity contribution in [3.8, 4) is 23.6 Å². The van der Waals surface area contributed by atoms with Crippen LogP contribution in [-0.4, -0.2) is 13.0 Å². The van der Waals surface area contributed by atoms with Crippen LogP contribution in [0, 0.1) is 22.7 Å². The van der Waals surface area contributed by atoms with E-state index in [1.165, 1.54) is 30.3 Å². The molecule has 0 unspecified atom stereocenters. The third-order valence-electron chi connectivity index (χ3n) is 3.55. The van der Waals surface area contributed by atoms with Crippen molar-refractivity contribution in [2.24, 2.45) is 0 Å². The zero-order valence-electron chi connectivity index (χ0n) is 13.9. The Kier molecular flexibility index (Phi) is 4.85. The SMILES string of the molecule is CC(C)(C)c1ccc(S(=O)(=O)O)c(Oc2ccc(C#N)c(C#N)c2)c1. The van der Waals surface area contributed by atoms with Crippen molar-refractivity contribution in [2.75, 3.05) is 0 Å². The molecule has 0 saturated heterocycles. The molecule has 0 saturated carbocycles. The van der Waals surface area contributed by atoms with Gasteiger partial charge in [0.15, 0.2) is 0 Å². The molecule has 2 rings (SSSR count). The van der Waals surface area contributed by atoms with Crippen molar-refractivity contribution in [3.05, 3.63) is 53.1 Å². The minimum absolute atomic E-state index is 0.0523. The molecule has 0 radical (unpaired) electrons. The van der Waals surface area contributed by atoms with E-state index in [2.05, 4.69) is 0 Å². The molecule has 0 aliphatic carbocycles. The quantitative estimate of drug-likeness (QED) is 0.838. The van der Waals surface area contributed by atoms with E-state index >= 15 is 0 Å². The van der Waals surface area contributed by atoms with Crippen LogP contribution in [0.25, 0.3) is 0 Å². The fourth-order valence-electron chi connectivity index (χ4n) is 2.17. The van der Waals surface area contributed by atoms with E-state index in [9.17, 15) is 13.0 Å². The standard InChI is InChI=1S/C18H16N2O4S/c1-18(2,3)14-5-7-17(25(21,22)23)16(9-14)24-15-6-4-12(10-19)13(8-15)11-20/h4-9H,1-3H3,(H,21,22,23). The summed E-state index contributed by atoms with van der Waals surface area (Å²) >= 11 is 0. The lowest BCUT2D eigenvalue weighted by molar-refractivity contribution is 0.447. The van der Waals surface area contributed by atoms with E-state index in [0.29, 0.717) is 0 Å². The maximum Gasteiger partial charge on any atom is 0.298 e. The summed E-state index contributed by atoms with van der Waals surface area (Å²) in [6.07, 6.45) is 0. The Morgan fingerprint density at radius 3 is 2.16 bits per heavy atom. The van der Waals surface area contributed by atoms with Crippen molar-refractivity contribution in [3.63, 3.8) is 0 Å². The molecular formula is C18H16N2O4S. The molecule has 128 valence electrons. The number of nitriles is 2. The predicted molar refractivity (Wildman–Crippen MR) is 90.9 cm³/mol. The predicted octanol–water partition coefficient (Wildman–Crippen LogP) is 3.77. The summed E-state index contributed by atoms with van der Waals surface area (Å²) in [5, 5.41) is 18.0. The van der Waals surface area contributed by atoms with Gasteiger partial charge in [0.2, 0.25) is 0 Å². The van der Waals surface area contributed by atoms with Crippen molar-refractivity contribution in [2.45, 2.75) is 31.1 Å². The van der Waals surface area contributed by atoms with Crippen molar-refractivity contribution in [1.29, 1.82) is 10.5 Å². The summed E-state index contributed by atoms with van der Waals surface area (Å²) in [5.41, 5.74) is 0.843. The monoisotopic (exact) mass is 356 g/mol. The molecule has 2 aromatic rings. The summed E-state index contributed by atoms with van der Waals surface area (Å²) in [6, 6.07) is 12.4. The van der Waals surface area contributed by atoms with Gasteiger partial charge in [-0.25, -0.2) is 0 Å². The molecule has 7 heteroatoms. The zero-order valence-corrected chi connectivity index (χ0v) is 14.8. The summed E-state index contributed by atoms with van der Waals surface area (Å²) in [6.45, 7) is 5.86. The molecule has 0 amide bonds. The molecule has 1 N–H and O–H groups in total. The van der Waals surface area contributed by atoms with Crippen molar-refractivity contribution >= 4 is 10.1 Å². The van der Waals surface area contributed by atoms with Gasteiger partial charge in [-0.05, 0) is 41.3 Å². The van der Waals surface area contributed by atoms with Gasteiger partial charge in [0, 0.05) is 0 Å². The highest BCUT2D eigenvalue weighted by Crippen LogP contribution is 2.34. The van der Waals surface area contributed by atoms with E-state index in [-0.39, 0.29) is 32.9 Å². The Bertz CT molecular complexity index is 1010. The Hall–Kier alpha value is -2.87. The van der Waals surface area contributed by atoms with Crippen LogP contribution in [0.1, 0.15) is 37.5 Å². The number of hydrogen-bond acceptors (Lipinski definition) is 5. The molecule has 0 aromatic heterocycles. The fraction of sp³-hybridized carbons (Fsp3) is 0.222. The summed E-state index contributed by atoms with van der Waals surface area (Å²) in [4.78, 5) is -0.372. The van der Waals surface area contributed by atoms with Crippen LogP contribution in [-0.2, 0) is 15.5 Å². The molecule has 0 aliphatic heterocycles. The number of ether oxygens (including phenoxy) is 1. The lowest BCUT2D eigenvalue weighted by Crippen LogP contribution is -2.12. The van der Waals surface area contributed by atoms with Gasteiger partial charge in [-0.15, -0.1) is 0 Å². The van der Waals surface area contributed by atoms with Crippen LogP contribution >= 0.6 is 0 Å². The zero-order chi connectivity index (χ0) is 18.8. The highest BCUT2D eigenvalue weighted by Gasteiger charge is 2.22. The highest BCUT2D eigenvalue weighted by atomic mass is 32.2. The number of nitrogens with zero attached hydrogens (tertiary/aromatic N) is 2. The summed E-state index contributed by atoms with van der Waals surface area (Å²) < 4.78 is 38.3. The van der Waals surface area contributed by atoms with E-state index < -0.39 is 10.1 Å². The molecule has 6 nitrogen and oxygen atoms in total. The Labute approximate surface area is 146 Å². The Morgan fingerprint density at radius 1 is 1.00 bits per heavy atom. The highest BCUT2D eigenvalue weighted by molar-refractivity contribution is 7.86. The van der Waals surface area contributed by atoms with Gasteiger partial charge < -0.3 is 4.74 Å². The first-order chi connectivity index (χ1) is 11.6. The smallest absolute Gasteiger partial charge is 0.298 e. The van der Waals surface area contributed by atoms with Gasteiger partial charge in [-0.1, -0.05) is 26.8 Å². The first-order valence-electron chi connectivity index (χ1n) is 7.30. The second-order valence-corrected chi connectivity index (χ2v) is 7.81. The van der Waals surface area contributed by atoms with Crippen LogP contribution in [0.3, 0.4) is 0 Å². The molecule has 2 aromatic carbocycles. The maximum absolute atomic E-state index is 11.6. The number of rotatable bonds is 3. The third-order valence-corrected chi connectivity index (χ3v) is 4.44. The van der Waals surface area contributed by atoms with Crippen LogP contribution < -0.4 is 4.74 Å². The van der Waals surface area contributed by atoms with Crippen LogP contribution in [0.4, 0.5) is 0 Å². The molecule has 0 fully saturated rings. The molecule has 0 atom stereocenters. The lowest BCUT2D eigenvalue weighted by atomic mass is 9.87. The van der Waals surface area contributed by atoms with Crippen LogP contribution in [0.15, 0.2) is 41.3 Å². The Balaban J connectivity index is 2.58. The van der Waals surface area contributed by atoms with E-state index in [1.807, 2.05) is 32.9 Å². The lowest BCUT2D eigenvalue weighted by Gasteiger charge is -2.21. The summed E-state index contributed by atoms with van der Waals surface area (Å²) in [5.74, 6) is 0.134. The van der Waals surface area contributed by atoms with Gasteiger partial charge in [-0.3, -0.25) is 4.55 Å². The fourth-order valence-corrected chi connectivity index (χ4v) is 2.77. The van der Waals surface area contributed by atoms with Gasteiger partial charge in [0.1, 0.15) is 28.5 Å². The van der Waals surface area contributed by atoms with Gasteiger partial charge in [0.25, 0.3) is 10.1 Å². The Morgan fingerprint density at radius 2 is 1.64 bits per heavy atom. The first-order valence-corrected chi connectivity index (χ1v) is 8.74. The van der Waals surface area contributed by atoms with E-state index in [1.54, 1.807) is 6.07 Å². The number of benzene rings is 2. The van der Waals surface area contributed by atoms with E-state index in [0.717, 1.165) is 5.56 Å². The van der Waals surface area contributed by atoms with Crippen LogP contribution in [0.5, 0.6) is 11.5 Å².